The Balaban J connectivity index is 1.89. The molecule has 1 saturated heterocycles. The summed E-state index contributed by atoms with van der Waals surface area (Å²) in [4.78, 5) is 25.4. The van der Waals surface area contributed by atoms with Crippen molar-refractivity contribution in [1.82, 2.24) is 15.5 Å². The fraction of sp³-hybridized carbons (Fsp3) is 0.857. The first-order chi connectivity index (χ1) is 9.60. The van der Waals surface area contributed by atoms with E-state index >= 15 is 0 Å². The second-order valence-corrected chi connectivity index (χ2v) is 5.99. The summed E-state index contributed by atoms with van der Waals surface area (Å²) >= 11 is 0. The summed E-state index contributed by atoms with van der Waals surface area (Å²) in [5, 5.41) is 15.4. The first-order valence-corrected chi connectivity index (χ1v) is 7.56. The minimum Gasteiger partial charge on any atom is -0.481 e. The predicted octanol–water partition coefficient (Wildman–Crippen LogP) is 0.185. The molecule has 6 nitrogen and oxygen atoms in total. The zero-order valence-corrected chi connectivity index (χ0v) is 12.0. The van der Waals surface area contributed by atoms with Crippen LogP contribution in [0.15, 0.2) is 0 Å². The minimum atomic E-state index is -0.825. The third-order valence-electron chi connectivity index (χ3n) is 4.28. The topological polar surface area (TPSA) is 81.7 Å². The van der Waals surface area contributed by atoms with E-state index in [1.54, 1.807) is 0 Å². The molecule has 1 aliphatic carbocycles. The number of nitrogens with zero attached hydrogens (tertiary/aromatic N) is 1. The van der Waals surface area contributed by atoms with E-state index in [0.29, 0.717) is 6.54 Å². The number of carbonyl (C=O) groups is 2. The second kappa shape index (κ2) is 7.04. The molecule has 114 valence electrons. The zero-order valence-electron chi connectivity index (χ0n) is 12.0. The van der Waals surface area contributed by atoms with Gasteiger partial charge in [0.2, 0.25) is 5.91 Å². The molecule has 0 spiro atoms. The number of carbonyl (C=O) groups excluding carboxylic acids is 1. The molecule has 1 heterocycles. The van der Waals surface area contributed by atoms with Crippen molar-refractivity contribution in [2.45, 2.75) is 44.1 Å². The molecule has 0 unspecified atom stereocenters. The lowest BCUT2D eigenvalue weighted by atomic mass is 9.79. The molecule has 3 N–H and O–H groups in total. The van der Waals surface area contributed by atoms with Crippen LogP contribution in [0.4, 0.5) is 0 Å². The van der Waals surface area contributed by atoms with E-state index in [2.05, 4.69) is 15.5 Å². The molecule has 0 aromatic rings. The van der Waals surface area contributed by atoms with E-state index in [-0.39, 0.29) is 12.3 Å². The van der Waals surface area contributed by atoms with Crippen molar-refractivity contribution < 1.29 is 14.7 Å². The smallest absolute Gasteiger partial charge is 0.305 e. The van der Waals surface area contributed by atoms with Crippen LogP contribution in [0.3, 0.4) is 0 Å². The molecular weight excluding hydrogens is 258 g/mol. The first kappa shape index (κ1) is 15.3. The van der Waals surface area contributed by atoms with Gasteiger partial charge in [-0.05, 0) is 12.8 Å². The van der Waals surface area contributed by atoms with Crippen molar-refractivity contribution >= 4 is 11.9 Å². The van der Waals surface area contributed by atoms with Crippen molar-refractivity contribution in [2.75, 3.05) is 32.7 Å². The average Bonchev–Trinajstić information content (AvgIpc) is 2.39. The highest BCUT2D eigenvalue weighted by atomic mass is 16.4. The lowest BCUT2D eigenvalue weighted by Crippen LogP contribution is -2.55. The lowest BCUT2D eigenvalue weighted by Gasteiger charge is -2.38. The standard InChI is InChI=1S/C14H25N3O3/c18-12(11-17-8-6-15-7-9-17)16-14(10-13(19)20)4-2-1-3-5-14/h15H,1-11H2,(H,16,18)(H,19,20). The van der Waals surface area contributed by atoms with E-state index in [1.165, 1.54) is 0 Å². The normalized spacial score (nSPS) is 23.2. The fourth-order valence-corrected chi connectivity index (χ4v) is 3.27. The number of piperazine rings is 1. The Bertz CT molecular complexity index is 348. The van der Waals surface area contributed by atoms with Gasteiger partial charge in [0.05, 0.1) is 18.5 Å². The van der Waals surface area contributed by atoms with Gasteiger partial charge >= 0.3 is 5.97 Å². The van der Waals surface area contributed by atoms with Gasteiger partial charge in [0.1, 0.15) is 0 Å². The summed E-state index contributed by atoms with van der Waals surface area (Å²) < 4.78 is 0. The maximum atomic E-state index is 12.2. The van der Waals surface area contributed by atoms with Crippen LogP contribution in [0.5, 0.6) is 0 Å². The van der Waals surface area contributed by atoms with E-state index in [9.17, 15) is 9.59 Å². The summed E-state index contributed by atoms with van der Waals surface area (Å²) in [6.45, 7) is 3.95. The fourth-order valence-electron chi connectivity index (χ4n) is 3.27. The SMILES string of the molecule is O=C(O)CC1(NC(=O)CN2CCNCC2)CCCCC1. The highest BCUT2D eigenvalue weighted by molar-refractivity contribution is 5.80. The minimum absolute atomic E-state index is 0.0324. The predicted molar refractivity (Wildman–Crippen MR) is 75.5 cm³/mol. The molecule has 2 fully saturated rings. The monoisotopic (exact) mass is 283 g/mol. The largest absolute Gasteiger partial charge is 0.481 e. The second-order valence-electron chi connectivity index (χ2n) is 5.99. The third-order valence-corrected chi connectivity index (χ3v) is 4.28. The Morgan fingerprint density at radius 1 is 1.15 bits per heavy atom. The van der Waals surface area contributed by atoms with Gasteiger partial charge < -0.3 is 15.7 Å². The summed E-state index contributed by atoms with van der Waals surface area (Å²) in [5.41, 5.74) is -0.519. The number of hydrogen-bond acceptors (Lipinski definition) is 4. The number of nitrogens with one attached hydrogen (secondary N) is 2. The van der Waals surface area contributed by atoms with Crippen LogP contribution in [-0.4, -0.2) is 60.1 Å². The summed E-state index contributed by atoms with van der Waals surface area (Å²) in [5.74, 6) is -0.857. The van der Waals surface area contributed by atoms with Gasteiger partial charge in [0.15, 0.2) is 0 Å². The van der Waals surface area contributed by atoms with Gasteiger partial charge in [0, 0.05) is 26.2 Å². The molecule has 0 aromatic heterocycles. The van der Waals surface area contributed by atoms with Gasteiger partial charge in [-0.15, -0.1) is 0 Å². The summed E-state index contributed by atoms with van der Waals surface area (Å²) in [7, 11) is 0. The van der Waals surface area contributed by atoms with Crippen LogP contribution >= 0.6 is 0 Å². The van der Waals surface area contributed by atoms with Crippen molar-refractivity contribution in [3.63, 3.8) is 0 Å². The van der Waals surface area contributed by atoms with Crippen molar-refractivity contribution in [3.8, 4) is 0 Å². The Labute approximate surface area is 119 Å². The van der Waals surface area contributed by atoms with Gasteiger partial charge in [-0.1, -0.05) is 19.3 Å². The Hall–Kier alpha value is -1.14. The molecule has 20 heavy (non-hydrogen) atoms. The molecule has 1 saturated carbocycles. The Kier molecular flexibility index (Phi) is 5.37. The van der Waals surface area contributed by atoms with Gasteiger partial charge in [-0.25, -0.2) is 0 Å². The quantitative estimate of drug-likeness (QED) is 0.671. The van der Waals surface area contributed by atoms with Crippen LogP contribution in [0, 0.1) is 0 Å². The van der Waals surface area contributed by atoms with Crippen LogP contribution in [0.2, 0.25) is 0 Å². The van der Waals surface area contributed by atoms with E-state index in [1.807, 2.05) is 0 Å². The molecule has 2 aliphatic rings. The molecule has 0 aromatic carbocycles. The Morgan fingerprint density at radius 3 is 2.40 bits per heavy atom. The molecule has 2 rings (SSSR count). The molecule has 0 radical (unpaired) electrons. The summed E-state index contributed by atoms with van der Waals surface area (Å²) in [6, 6.07) is 0. The van der Waals surface area contributed by atoms with Gasteiger partial charge in [-0.2, -0.15) is 0 Å². The van der Waals surface area contributed by atoms with Crippen LogP contribution in [-0.2, 0) is 9.59 Å². The van der Waals surface area contributed by atoms with Crippen LogP contribution in [0.1, 0.15) is 38.5 Å². The lowest BCUT2D eigenvalue weighted by molar-refractivity contribution is -0.139. The van der Waals surface area contributed by atoms with Crippen LogP contribution < -0.4 is 10.6 Å². The molecular formula is C14H25N3O3. The maximum Gasteiger partial charge on any atom is 0.305 e. The molecule has 6 heteroatoms. The van der Waals surface area contributed by atoms with E-state index < -0.39 is 11.5 Å². The van der Waals surface area contributed by atoms with Crippen LogP contribution in [0.25, 0.3) is 0 Å². The maximum absolute atomic E-state index is 12.2. The number of hydrogen-bond donors (Lipinski definition) is 3. The molecule has 0 bridgehead atoms. The number of rotatable bonds is 5. The van der Waals surface area contributed by atoms with Crippen molar-refractivity contribution in [1.29, 1.82) is 0 Å². The van der Waals surface area contributed by atoms with Gasteiger partial charge in [0.25, 0.3) is 0 Å². The number of aliphatic carboxylic acids is 1. The van der Waals surface area contributed by atoms with E-state index in [0.717, 1.165) is 58.3 Å². The third kappa shape index (κ3) is 4.45. The first-order valence-electron chi connectivity index (χ1n) is 7.56. The molecule has 0 atom stereocenters. The molecule has 1 amide bonds. The van der Waals surface area contributed by atoms with Crippen molar-refractivity contribution in [3.05, 3.63) is 0 Å². The average molecular weight is 283 g/mol. The highest BCUT2D eigenvalue weighted by Crippen LogP contribution is 2.31. The Morgan fingerprint density at radius 2 is 1.80 bits per heavy atom. The highest BCUT2D eigenvalue weighted by Gasteiger charge is 2.36. The van der Waals surface area contributed by atoms with Gasteiger partial charge in [-0.3, -0.25) is 14.5 Å². The number of carboxylic acid groups (broad SMARTS) is 1. The van der Waals surface area contributed by atoms with Crippen molar-refractivity contribution in [2.24, 2.45) is 0 Å². The number of carboxylic acids is 1. The van der Waals surface area contributed by atoms with E-state index in [4.69, 9.17) is 5.11 Å². The summed E-state index contributed by atoms with van der Waals surface area (Å²) in [6.07, 6.45) is 4.75. The number of amides is 1. The molecule has 1 aliphatic heterocycles. The zero-order chi connectivity index (χ0) is 14.4.